The van der Waals surface area contributed by atoms with Gasteiger partial charge in [0.25, 0.3) is 0 Å². The molecule has 0 spiro atoms. The first kappa shape index (κ1) is 5.71. The predicted octanol–water partition coefficient (Wildman–Crippen LogP) is -0.715. The van der Waals surface area contributed by atoms with E-state index in [2.05, 4.69) is 23.5 Å². The number of hydrogen-bond donors (Lipinski definition) is 4. The van der Waals surface area contributed by atoms with Gasteiger partial charge in [-0.15, -0.1) is 12.6 Å². The minimum absolute atomic E-state index is 0.556. The molecule has 0 bridgehead atoms. The second kappa shape index (κ2) is 1.83. The summed E-state index contributed by atoms with van der Waals surface area (Å²) in [4.78, 5) is 0. The quantitative estimate of drug-likeness (QED) is 0.263. The van der Waals surface area contributed by atoms with Crippen LogP contribution in [0.25, 0.3) is 0 Å². The maximum absolute atomic E-state index is 5.43. The summed E-state index contributed by atoms with van der Waals surface area (Å²) >= 11 is 5.54. The number of thioether (sulfide) groups is 1. The van der Waals surface area contributed by atoms with E-state index in [4.69, 9.17) is 5.73 Å². The monoisotopic (exact) mass is 137 g/mol. The lowest BCUT2D eigenvalue weighted by molar-refractivity contribution is 0.576. The molecular weight excluding hydrogens is 130 g/mol. The van der Waals surface area contributed by atoms with Crippen LogP contribution in [0.3, 0.4) is 0 Å². The van der Waals surface area contributed by atoms with Gasteiger partial charge in [-0.1, -0.05) is 11.8 Å². The molecule has 1 heterocycles. The number of hydrazine groups is 1. The van der Waals surface area contributed by atoms with E-state index in [9.17, 15) is 0 Å². The smallest absolute Gasteiger partial charge is 0.174 e. The SMILES string of the molecule is NC1(S)NNCS1. The molecule has 0 saturated carbocycles. The summed E-state index contributed by atoms with van der Waals surface area (Å²) in [7, 11) is 0. The van der Waals surface area contributed by atoms with Gasteiger partial charge in [-0.2, -0.15) is 0 Å². The maximum atomic E-state index is 5.43. The van der Waals surface area contributed by atoms with Gasteiger partial charge in [0.2, 0.25) is 0 Å². The van der Waals surface area contributed by atoms with Crippen LogP contribution in [0.5, 0.6) is 0 Å². The van der Waals surface area contributed by atoms with Crippen molar-refractivity contribution < 1.29 is 0 Å². The van der Waals surface area contributed by atoms with Gasteiger partial charge < -0.3 is 0 Å². The van der Waals surface area contributed by atoms with Crippen LogP contribution >= 0.6 is 24.4 Å². The second-order valence-corrected chi connectivity index (χ2v) is 3.52. The van der Waals surface area contributed by atoms with Gasteiger partial charge in [-0.05, 0) is 0 Å². The number of nitrogens with two attached hydrogens (primary N) is 1. The third kappa shape index (κ3) is 1.50. The van der Waals surface area contributed by atoms with E-state index in [0.717, 1.165) is 5.88 Å². The fourth-order valence-electron chi connectivity index (χ4n) is 0.345. The molecule has 42 valence electrons. The zero-order valence-corrected chi connectivity index (χ0v) is 5.35. The molecule has 0 amide bonds. The molecule has 1 aliphatic rings. The minimum atomic E-state index is -0.556. The Bertz CT molecular complexity index is 65.3. The normalized spacial score (nSPS) is 42.0. The van der Waals surface area contributed by atoms with Crippen molar-refractivity contribution in [1.29, 1.82) is 0 Å². The highest BCUT2D eigenvalue weighted by Crippen LogP contribution is 2.21. The van der Waals surface area contributed by atoms with Gasteiger partial charge in [0.1, 0.15) is 0 Å². The predicted molar refractivity (Wildman–Crippen MR) is 34.6 cm³/mol. The van der Waals surface area contributed by atoms with Crippen molar-refractivity contribution in [2.24, 2.45) is 5.73 Å². The summed E-state index contributed by atoms with van der Waals surface area (Å²) in [5.74, 6) is 0.819. The van der Waals surface area contributed by atoms with E-state index in [0.29, 0.717) is 0 Å². The zero-order valence-electron chi connectivity index (χ0n) is 3.64. The van der Waals surface area contributed by atoms with Crippen LogP contribution in [0, 0.1) is 0 Å². The highest BCUT2D eigenvalue weighted by Gasteiger charge is 2.23. The Morgan fingerprint density at radius 3 is 2.71 bits per heavy atom. The minimum Gasteiger partial charge on any atom is -0.295 e. The van der Waals surface area contributed by atoms with Gasteiger partial charge in [0.15, 0.2) is 4.33 Å². The highest BCUT2D eigenvalue weighted by atomic mass is 32.2. The fraction of sp³-hybridized carbons (Fsp3) is 1.00. The van der Waals surface area contributed by atoms with E-state index in [1.54, 1.807) is 0 Å². The molecule has 1 fully saturated rings. The van der Waals surface area contributed by atoms with Gasteiger partial charge >= 0.3 is 0 Å². The maximum Gasteiger partial charge on any atom is 0.174 e. The van der Waals surface area contributed by atoms with Gasteiger partial charge in [0.05, 0.1) is 5.88 Å². The van der Waals surface area contributed by atoms with Crippen LogP contribution in [-0.4, -0.2) is 10.2 Å². The van der Waals surface area contributed by atoms with Gasteiger partial charge in [-0.3, -0.25) is 5.73 Å². The Hall–Kier alpha value is 0.580. The molecule has 0 aromatic heterocycles. The summed E-state index contributed by atoms with van der Waals surface area (Å²) in [5, 5.41) is 0. The molecule has 3 nitrogen and oxygen atoms in total. The molecule has 0 aromatic carbocycles. The van der Waals surface area contributed by atoms with E-state index < -0.39 is 4.33 Å². The van der Waals surface area contributed by atoms with Crippen LogP contribution in [0.4, 0.5) is 0 Å². The second-order valence-electron chi connectivity index (χ2n) is 1.29. The molecule has 4 N–H and O–H groups in total. The van der Waals surface area contributed by atoms with Crippen LogP contribution < -0.4 is 16.6 Å². The van der Waals surface area contributed by atoms with Crippen molar-refractivity contribution in [2.45, 2.75) is 4.33 Å². The summed E-state index contributed by atoms with van der Waals surface area (Å²) in [6.07, 6.45) is 0. The number of nitrogens with one attached hydrogen (secondary N) is 2. The lowest BCUT2D eigenvalue weighted by atomic mass is 11.1. The first-order valence-corrected chi connectivity index (χ1v) is 3.29. The standard InChI is InChI=1S/C2H7N3S2/c3-2(6)5-4-1-7-2/h4-6H,1,3H2. The molecule has 5 heteroatoms. The Kier molecular flexibility index (Phi) is 1.49. The summed E-state index contributed by atoms with van der Waals surface area (Å²) in [6, 6.07) is 0. The summed E-state index contributed by atoms with van der Waals surface area (Å²) < 4.78 is -0.556. The van der Waals surface area contributed by atoms with E-state index >= 15 is 0 Å². The average Bonchev–Trinajstić information content (AvgIpc) is 1.84. The van der Waals surface area contributed by atoms with Crippen molar-refractivity contribution in [2.75, 3.05) is 5.88 Å². The molecule has 0 aromatic rings. The molecule has 1 saturated heterocycles. The Labute approximate surface area is 51.8 Å². The topological polar surface area (TPSA) is 50.1 Å². The lowest BCUT2D eigenvalue weighted by Crippen LogP contribution is -2.44. The molecule has 7 heavy (non-hydrogen) atoms. The van der Waals surface area contributed by atoms with Crippen molar-refractivity contribution in [3.05, 3.63) is 0 Å². The molecule has 1 atom stereocenters. The third-order valence-corrected chi connectivity index (χ3v) is 1.96. The first-order chi connectivity index (χ1) is 3.21. The molecule has 0 aliphatic carbocycles. The van der Waals surface area contributed by atoms with E-state index in [1.165, 1.54) is 11.8 Å². The molecule has 1 unspecified atom stereocenters. The fourth-order valence-corrected chi connectivity index (χ4v) is 1.13. The zero-order chi connectivity index (χ0) is 5.33. The van der Waals surface area contributed by atoms with Crippen LogP contribution in [-0.2, 0) is 0 Å². The Morgan fingerprint density at radius 2 is 2.57 bits per heavy atom. The largest absolute Gasteiger partial charge is 0.295 e. The Balaban J connectivity index is 2.40. The number of thiol groups is 1. The van der Waals surface area contributed by atoms with Crippen molar-refractivity contribution >= 4 is 24.4 Å². The highest BCUT2D eigenvalue weighted by molar-refractivity contribution is 8.11. The van der Waals surface area contributed by atoms with Crippen LogP contribution in [0.1, 0.15) is 0 Å². The molecule has 1 aliphatic heterocycles. The molecule has 0 radical (unpaired) electrons. The van der Waals surface area contributed by atoms with Gasteiger partial charge in [0, 0.05) is 0 Å². The van der Waals surface area contributed by atoms with Crippen molar-refractivity contribution in [1.82, 2.24) is 10.9 Å². The van der Waals surface area contributed by atoms with Gasteiger partial charge in [-0.25, -0.2) is 10.9 Å². The van der Waals surface area contributed by atoms with Crippen LogP contribution in [0.2, 0.25) is 0 Å². The molecular formula is C2H7N3S2. The summed E-state index contributed by atoms with van der Waals surface area (Å²) in [6.45, 7) is 0. The average molecular weight is 137 g/mol. The van der Waals surface area contributed by atoms with Crippen molar-refractivity contribution in [3.8, 4) is 0 Å². The Morgan fingerprint density at radius 1 is 1.86 bits per heavy atom. The van der Waals surface area contributed by atoms with E-state index in [-0.39, 0.29) is 0 Å². The number of hydrogen-bond acceptors (Lipinski definition) is 5. The third-order valence-electron chi connectivity index (χ3n) is 0.632. The van der Waals surface area contributed by atoms with Crippen molar-refractivity contribution in [3.63, 3.8) is 0 Å². The molecule has 1 rings (SSSR count). The lowest BCUT2D eigenvalue weighted by Gasteiger charge is -2.12. The summed E-state index contributed by atoms with van der Waals surface area (Å²) in [5.41, 5.74) is 11.0. The van der Waals surface area contributed by atoms with E-state index in [1.807, 2.05) is 0 Å². The van der Waals surface area contributed by atoms with Crippen LogP contribution in [0.15, 0.2) is 0 Å². The number of rotatable bonds is 0. The first-order valence-electron chi connectivity index (χ1n) is 1.86.